The molecule has 0 fully saturated rings. The lowest BCUT2D eigenvalue weighted by Crippen LogP contribution is -2.43. The SMILES string of the molecule is CC(C)CC(C(=O)N=C(N)/C=C\NCC(C)(C)O)N1CC(Oc2cccc(C#N)c2)=CC1=O. The molecule has 0 saturated carbocycles. The third-order valence-corrected chi connectivity index (χ3v) is 4.61. The van der Waals surface area contributed by atoms with Crippen molar-refractivity contribution >= 4 is 17.6 Å². The summed E-state index contributed by atoms with van der Waals surface area (Å²) < 4.78 is 5.76. The molecule has 0 saturated heterocycles. The van der Waals surface area contributed by atoms with Gasteiger partial charge in [0.2, 0.25) is 0 Å². The van der Waals surface area contributed by atoms with E-state index in [1.807, 2.05) is 19.9 Å². The highest BCUT2D eigenvalue weighted by Crippen LogP contribution is 2.23. The summed E-state index contributed by atoms with van der Waals surface area (Å²) >= 11 is 0. The number of nitrogens with one attached hydrogen (secondary N) is 1. The van der Waals surface area contributed by atoms with Gasteiger partial charge in [0, 0.05) is 18.8 Å². The highest BCUT2D eigenvalue weighted by Gasteiger charge is 2.34. The third-order valence-electron chi connectivity index (χ3n) is 4.61. The largest absolute Gasteiger partial charge is 0.460 e. The standard InChI is InChI=1S/C24H31N5O4/c1-16(2)10-20(23(31)28-21(26)8-9-27-15-24(3,4)32)29-14-19(12-22(29)30)33-18-7-5-6-17(11-18)13-25/h5-9,11-12,16,20,27,32H,10,14-15H2,1-4H3,(H2,26,28,31)/b9-8-. The van der Waals surface area contributed by atoms with Crippen LogP contribution in [0.25, 0.3) is 0 Å². The Hall–Kier alpha value is -3.64. The summed E-state index contributed by atoms with van der Waals surface area (Å²) in [6.07, 6.45) is 4.68. The predicted molar refractivity (Wildman–Crippen MR) is 125 cm³/mol. The molecular weight excluding hydrogens is 422 g/mol. The lowest BCUT2D eigenvalue weighted by Gasteiger charge is -2.26. The lowest BCUT2D eigenvalue weighted by molar-refractivity contribution is -0.134. The maximum Gasteiger partial charge on any atom is 0.270 e. The van der Waals surface area contributed by atoms with Crippen molar-refractivity contribution in [3.05, 3.63) is 53.9 Å². The Balaban J connectivity index is 2.09. The summed E-state index contributed by atoms with van der Waals surface area (Å²) in [5.74, 6) is 0.0576. The van der Waals surface area contributed by atoms with Gasteiger partial charge in [-0.3, -0.25) is 9.59 Å². The molecule has 176 valence electrons. The van der Waals surface area contributed by atoms with Crippen LogP contribution in [-0.4, -0.2) is 52.4 Å². The van der Waals surface area contributed by atoms with Crippen LogP contribution < -0.4 is 15.8 Å². The number of nitrogens with two attached hydrogens (primary N) is 1. The van der Waals surface area contributed by atoms with Gasteiger partial charge in [-0.2, -0.15) is 10.3 Å². The number of ether oxygens (including phenoxy) is 1. The number of rotatable bonds is 10. The van der Waals surface area contributed by atoms with Crippen LogP contribution in [0.15, 0.2) is 53.4 Å². The second kappa shape index (κ2) is 11.3. The smallest absolute Gasteiger partial charge is 0.270 e. The minimum Gasteiger partial charge on any atom is -0.460 e. The van der Waals surface area contributed by atoms with Crippen LogP contribution in [0.2, 0.25) is 0 Å². The second-order valence-electron chi connectivity index (χ2n) is 8.87. The molecule has 0 aliphatic carbocycles. The van der Waals surface area contributed by atoms with E-state index in [1.54, 1.807) is 38.1 Å². The zero-order chi connectivity index (χ0) is 24.6. The van der Waals surface area contributed by atoms with Crippen molar-refractivity contribution in [1.29, 1.82) is 5.26 Å². The molecule has 2 rings (SSSR count). The quantitative estimate of drug-likeness (QED) is 0.362. The zero-order valence-electron chi connectivity index (χ0n) is 19.4. The number of amides is 2. The number of nitrogens with zero attached hydrogens (tertiary/aromatic N) is 3. The number of aliphatic hydroxyl groups is 1. The van der Waals surface area contributed by atoms with Gasteiger partial charge in [-0.25, -0.2) is 0 Å². The topological polar surface area (TPSA) is 141 Å². The van der Waals surface area contributed by atoms with Crippen LogP contribution in [0.4, 0.5) is 0 Å². The molecular formula is C24H31N5O4. The van der Waals surface area contributed by atoms with E-state index in [-0.39, 0.29) is 24.2 Å². The maximum absolute atomic E-state index is 12.9. The Morgan fingerprint density at radius 1 is 1.45 bits per heavy atom. The second-order valence-corrected chi connectivity index (χ2v) is 8.87. The Morgan fingerprint density at radius 3 is 2.82 bits per heavy atom. The van der Waals surface area contributed by atoms with Gasteiger partial charge in [0.15, 0.2) is 0 Å². The van der Waals surface area contributed by atoms with Gasteiger partial charge in [-0.15, -0.1) is 0 Å². The van der Waals surface area contributed by atoms with E-state index < -0.39 is 17.6 Å². The van der Waals surface area contributed by atoms with Gasteiger partial charge in [-0.1, -0.05) is 19.9 Å². The molecule has 0 spiro atoms. The number of hydrogen-bond donors (Lipinski definition) is 3. The van der Waals surface area contributed by atoms with E-state index >= 15 is 0 Å². The molecule has 1 aliphatic rings. The monoisotopic (exact) mass is 453 g/mol. The number of aliphatic imine (C=N–C) groups is 1. The van der Waals surface area contributed by atoms with Gasteiger partial charge in [0.25, 0.3) is 11.8 Å². The summed E-state index contributed by atoms with van der Waals surface area (Å²) in [5.41, 5.74) is 5.40. The first kappa shape index (κ1) is 25.6. The number of nitriles is 1. The average Bonchev–Trinajstić information content (AvgIpc) is 3.08. The van der Waals surface area contributed by atoms with Gasteiger partial charge in [0.1, 0.15) is 23.4 Å². The fourth-order valence-corrected chi connectivity index (χ4v) is 3.12. The fourth-order valence-electron chi connectivity index (χ4n) is 3.12. The summed E-state index contributed by atoms with van der Waals surface area (Å²) in [4.78, 5) is 30.9. The van der Waals surface area contributed by atoms with E-state index in [0.717, 1.165) is 0 Å². The fraction of sp³-hybridized carbons (Fsp3) is 0.417. The zero-order valence-corrected chi connectivity index (χ0v) is 19.4. The molecule has 1 unspecified atom stereocenters. The maximum atomic E-state index is 12.9. The summed E-state index contributed by atoms with van der Waals surface area (Å²) in [6.45, 7) is 7.63. The van der Waals surface area contributed by atoms with E-state index in [2.05, 4.69) is 10.3 Å². The number of benzene rings is 1. The van der Waals surface area contributed by atoms with Crippen molar-refractivity contribution in [2.75, 3.05) is 13.1 Å². The lowest BCUT2D eigenvalue weighted by atomic mass is 10.0. The number of amidine groups is 1. The first-order valence-corrected chi connectivity index (χ1v) is 10.7. The van der Waals surface area contributed by atoms with Gasteiger partial charge in [-0.05, 0) is 50.5 Å². The molecule has 2 amide bonds. The third kappa shape index (κ3) is 8.43. The van der Waals surface area contributed by atoms with E-state index in [1.165, 1.54) is 23.3 Å². The summed E-state index contributed by atoms with van der Waals surface area (Å²) in [7, 11) is 0. The molecule has 1 heterocycles. The molecule has 1 aromatic carbocycles. The van der Waals surface area contributed by atoms with Crippen LogP contribution in [0.3, 0.4) is 0 Å². The van der Waals surface area contributed by atoms with Gasteiger partial charge < -0.3 is 25.8 Å². The van der Waals surface area contributed by atoms with Crippen molar-refractivity contribution in [1.82, 2.24) is 10.2 Å². The van der Waals surface area contributed by atoms with Crippen LogP contribution in [0, 0.1) is 17.2 Å². The Labute approximate surface area is 194 Å². The molecule has 9 heteroatoms. The van der Waals surface area contributed by atoms with E-state index in [4.69, 9.17) is 15.7 Å². The highest BCUT2D eigenvalue weighted by molar-refractivity contribution is 6.03. The van der Waals surface area contributed by atoms with Crippen molar-refractivity contribution in [3.8, 4) is 11.8 Å². The van der Waals surface area contributed by atoms with Crippen LogP contribution in [-0.2, 0) is 9.59 Å². The number of carbonyl (C=O) groups is 2. The molecule has 9 nitrogen and oxygen atoms in total. The van der Waals surface area contributed by atoms with Crippen LogP contribution in [0.5, 0.6) is 5.75 Å². The average molecular weight is 454 g/mol. The van der Waals surface area contributed by atoms with Crippen molar-refractivity contribution in [3.63, 3.8) is 0 Å². The molecule has 0 bridgehead atoms. The number of hydrogen-bond acceptors (Lipinski definition) is 6. The summed E-state index contributed by atoms with van der Waals surface area (Å²) in [6, 6.07) is 7.85. The van der Waals surface area contributed by atoms with Crippen LogP contribution >= 0.6 is 0 Å². The van der Waals surface area contributed by atoms with Crippen molar-refractivity contribution in [2.45, 2.75) is 45.8 Å². The first-order valence-electron chi connectivity index (χ1n) is 10.7. The molecule has 0 aromatic heterocycles. The minimum absolute atomic E-state index is 0.0126. The van der Waals surface area contributed by atoms with Crippen molar-refractivity contribution in [2.24, 2.45) is 16.6 Å². The molecule has 0 radical (unpaired) electrons. The normalized spacial score (nSPS) is 15.5. The molecule has 1 atom stereocenters. The van der Waals surface area contributed by atoms with Gasteiger partial charge >= 0.3 is 0 Å². The Bertz CT molecular complexity index is 999. The molecule has 4 N–H and O–H groups in total. The number of carbonyl (C=O) groups excluding carboxylic acids is 2. The Kier molecular flexibility index (Phi) is 8.77. The summed E-state index contributed by atoms with van der Waals surface area (Å²) in [5, 5.41) is 21.6. The first-order chi connectivity index (χ1) is 15.5. The minimum atomic E-state index is -0.896. The molecule has 33 heavy (non-hydrogen) atoms. The molecule has 1 aromatic rings. The highest BCUT2D eigenvalue weighted by atomic mass is 16.5. The Morgan fingerprint density at radius 2 is 2.18 bits per heavy atom. The van der Waals surface area contributed by atoms with Crippen LogP contribution in [0.1, 0.15) is 39.7 Å². The van der Waals surface area contributed by atoms with E-state index in [9.17, 15) is 14.7 Å². The van der Waals surface area contributed by atoms with Crippen molar-refractivity contribution < 1.29 is 19.4 Å². The molecule has 1 aliphatic heterocycles. The van der Waals surface area contributed by atoms with Gasteiger partial charge in [0.05, 0.1) is 23.8 Å². The predicted octanol–water partition coefficient (Wildman–Crippen LogP) is 1.84. The van der Waals surface area contributed by atoms with E-state index in [0.29, 0.717) is 30.0 Å².